The molecule has 0 aliphatic carbocycles. The van der Waals surface area contributed by atoms with Crippen LogP contribution in [-0.2, 0) is 5.60 Å². The molecule has 2 rings (SSSR count). The van der Waals surface area contributed by atoms with Crippen molar-refractivity contribution in [2.24, 2.45) is 0 Å². The van der Waals surface area contributed by atoms with Gasteiger partial charge in [0.15, 0.2) is 11.6 Å². The van der Waals surface area contributed by atoms with Gasteiger partial charge in [-0.3, -0.25) is 15.1 Å². The van der Waals surface area contributed by atoms with Crippen LogP contribution in [0.3, 0.4) is 0 Å². The van der Waals surface area contributed by atoms with Crippen molar-refractivity contribution in [3.8, 4) is 5.75 Å². The molecular formula is C15H14ClFN2O3. The molecule has 1 aromatic heterocycles. The van der Waals surface area contributed by atoms with Crippen molar-refractivity contribution in [2.75, 3.05) is 0 Å². The molecule has 0 amide bonds. The molecule has 1 aromatic carbocycles. The predicted octanol–water partition coefficient (Wildman–Crippen LogP) is 4.40. The highest BCUT2D eigenvalue weighted by atomic mass is 35.5. The van der Waals surface area contributed by atoms with E-state index < -0.39 is 16.3 Å². The summed E-state index contributed by atoms with van der Waals surface area (Å²) in [5.74, 6) is -0.884. The van der Waals surface area contributed by atoms with E-state index in [0.29, 0.717) is 10.6 Å². The average molecular weight is 325 g/mol. The highest BCUT2D eigenvalue weighted by Crippen LogP contribution is 2.34. The van der Waals surface area contributed by atoms with Crippen LogP contribution in [0.25, 0.3) is 0 Å². The number of aryl methyl sites for hydroxylation is 1. The molecule has 0 spiro atoms. The molecule has 7 heteroatoms. The number of nitro groups is 1. The van der Waals surface area contributed by atoms with E-state index >= 15 is 0 Å². The van der Waals surface area contributed by atoms with Crippen molar-refractivity contribution in [1.82, 2.24) is 4.98 Å². The lowest BCUT2D eigenvalue weighted by molar-refractivity contribution is -0.385. The number of rotatable bonds is 4. The number of nitro benzene ring substituents is 1. The summed E-state index contributed by atoms with van der Waals surface area (Å²) in [6.45, 7) is 5.27. The van der Waals surface area contributed by atoms with Crippen LogP contribution in [0, 0.1) is 22.9 Å². The lowest BCUT2D eigenvalue weighted by atomic mass is 9.98. The zero-order chi connectivity index (χ0) is 16.5. The van der Waals surface area contributed by atoms with Crippen molar-refractivity contribution < 1.29 is 14.1 Å². The number of ether oxygens (including phenoxy) is 1. The van der Waals surface area contributed by atoms with Gasteiger partial charge in [0.2, 0.25) is 0 Å². The van der Waals surface area contributed by atoms with E-state index in [1.165, 1.54) is 18.3 Å². The number of nitrogens with zero attached hydrogens (tertiary/aromatic N) is 2. The van der Waals surface area contributed by atoms with Gasteiger partial charge >= 0.3 is 0 Å². The number of hydrogen-bond donors (Lipinski definition) is 0. The van der Waals surface area contributed by atoms with Crippen LogP contribution in [0.5, 0.6) is 5.75 Å². The first-order chi connectivity index (χ1) is 10.2. The van der Waals surface area contributed by atoms with E-state index in [4.69, 9.17) is 16.3 Å². The van der Waals surface area contributed by atoms with Gasteiger partial charge in [0.25, 0.3) is 5.69 Å². The van der Waals surface area contributed by atoms with Gasteiger partial charge in [0.1, 0.15) is 5.60 Å². The Kier molecular flexibility index (Phi) is 4.32. The first kappa shape index (κ1) is 16.2. The Morgan fingerprint density at radius 1 is 1.36 bits per heavy atom. The van der Waals surface area contributed by atoms with Crippen molar-refractivity contribution in [3.63, 3.8) is 0 Å². The molecule has 22 heavy (non-hydrogen) atoms. The van der Waals surface area contributed by atoms with E-state index in [0.717, 1.165) is 11.8 Å². The van der Waals surface area contributed by atoms with Crippen LogP contribution >= 0.6 is 11.6 Å². The van der Waals surface area contributed by atoms with Crippen molar-refractivity contribution >= 4 is 17.3 Å². The summed E-state index contributed by atoms with van der Waals surface area (Å²) in [7, 11) is 0. The van der Waals surface area contributed by atoms with E-state index in [2.05, 4.69) is 4.98 Å². The highest BCUT2D eigenvalue weighted by Gasteiger charge is 2.27. The minimum absolute atomic E-state index is 0.0823. The number of hydrogen-bond acceptors (Lipinski definition) is 4. The number of non-ortho nitro benzene ring substituents is 1. The Labute approximate surface area is 131 Å². The molecule has 0 aliphatic rings. The van der Waals surface area contributed by atoms with E-state index in [1.807, 2.05) is 6.92 Å². The normalized spacial score (nSPS) is 11.3. The van der Waals surface area contributed by atoms with Gasteiger partial charge in [-0.15, -0.1) is 0 Å². The average Bonchev–Trinajstić information content (AvgIpc) is 2.43. The second-order valence-corrected chi connectivity index (χ2v) is 5.70. The zero-order valence-electron chi connectivity index (χ0n) is 12.3. The number of halogens is 2. The van der Waals surface area contributed by atoms with Gasteiger partial charge < -0.3 is 4.74 Å². The van der Waals surface area contributed by atoms with Gasteiger partial charge in [0, 0.05) is 23.5 Å². The highest BCUT2D eigenvalue weighted by molar-refractivity contribution is 6.31. The molecule has 0 unspecified atom stereocenters. The maximum absolute atomic E-state index is 14.0. The van der Waals surface area contributed by atoms with Gasteiger partial charge in [-0.1, -0.05) is 11.6 Å². The van der Waals surface area contributed by atoms with E-state index in [1.54, 1.807) is 19.9 Å². The summed E-state index contributed by atoms with van der Waals surface area (Å²) in [5, 5.41) is 11.0. The lowest BCUT2D eigenvalue weighted by Gasteiger charge is -2.28. The fourth-order valence-electron chi connectivity index (χ4n) is 2.02. The van der Waals surface area contributed by atoms with Crippen molar-refractivity contribution in [3.05, 3.63) is 62.7 Å². The molecule has 0 aliphatic heterocycles. The molecule has 0 saturated carbocycles. The Balaban J connectivity index is 2.36. The monoisotopic (exact) mass is 324 g/mol. The summed E-state index contributed by atoms with van der Waals surface area (Å²) < 4.78 is 19.6. The second-order valence-electron chi connectivity index (χ2n) is 5.29. The molecule has 0 bridgehead atoms. The molecule has 0 atom stereocenters. The lowest BCUT2D eigenvalue weighted by Crippen LogP contribution is -2.26. The van der Waals surface area contributed by atoms with Crippen LogP contribution in [0.1, 0.15) is 25.1 Å². The zero-order valence-corrected chi connectivity index (χ0v) is 13.0. The molecule has 0 saturated heterocycles. The Morgan fingerprint density at radius 3 is 2.64 bits per heavy atom. The summed E-state index contributed by atoms with van der Waals surface area (Å²) >= 11 is 6.13. The Hall–Kier alpha value is -2.21. The first-order valence-corrected chi connectivity index (χ1v) is 6.84. The maximum atomic E-state index is 14.0. The molecule has 1 heterocycles. The molecule has 0 N–H and O–H groups in total. The first-order valence-electron chi connectivity index (χ1n) is 6.46. The van der Waals surface area contributed by atoms with Crippen LogP contribution < -0.4 is 4.74 Å². The fourth-order valence-corrected chi connectivity index (χ4v) is 2.35. The SMILES string of the molecule is Cc1cc(C(C)(C)Oc2ccc([N+](=O)[O-])cc2F)c(Cl)cn1. The molecule has 0 radical (unpaired) electrons. The van der Waals surface area contributed by atoms with E-state index in [-0.39, 0.29) is 11.4 Å². The largest absolute Gasteiger partial charge is 0.480 e. The fraction of sp³-hybridized carbons (Fsp3) is 0.267. The Morgan fingerprint density at radius 2 is 2.05 bits per heavy atom. The van der Waals surface area contributed by atoms with Gasteiger partial charge in [-0.25, -0.2) is 4.39 Å². The van der Waals surface area contributed by atoms with Crippen LogP contribution in [-0.4, -0.2) is 9.91 Å². The van der Waals surface area contributed by atoms with Crippen LogP contribution in [0.2, 0.25) is 5.02 Å². The molecule has 5 nitrogen and oxygen atoms in total. The topological polar surface area (TPSA) is 65.3 Å². The molecule has 116 valence electrons. The minimum atomic E-state index is -0.929. The molecular weight excluding hydrogens is 311 g/mol. The third kappa shape index (κ3) is 3.33. The van der Waals surface area contributed by atoms with Gasteiger partial charge in [-0.2, -0.15) is 0 Å². The smallest absolute Gasteiger partial charge is 0.272 e. The van der Waals surface area contributed by atoms with Crippen molar-refractivity contribution in [1.29, 1.82) is 0 Å². The summed E-state index contributed by atoms with van der Waals surface area (Å²) in [4.78, 5) is 14.0. The van der Waals surface area contributed by atoms with Gasteiger partial charge in [-0.05, 0) is 32.9 Å². The molecule has 2 aromatic rings. The third-order valence-electron chi connectivity index (χ3n) is 3.13. The van der Waals surface area contributed by atoms with Crippen LogP contribution in [0.15, 0.2) is 30.5 Å². The second kappa shape index (κ2) is 5.88. The summed E-state index contributed by atoms with van der Waals surface area (Å²) in [6, 6.07) is 5.00. The van der Waals surface area contributed by atoms with E-state index in [9.17, 15) is 14.5 Å². The Bertz CT molecular complexity index is 735. The summed E-state index contributed by atoms with van der Waals surface area (Å²) in [5.41, 5.74) is 0.141. The van der Waals surface area contributed by atoms with Gasteiger partial charge in [0.05, 0.1) is 16.0 Å². The standard InChI is InChI=1S/C15H14ClFN2O3/c1-9-6-11(12(16)8-18-9)15(2,3)22-14-5-4-10(19(20)21)7-13(14)17/h4-8H,1-3H3. The predicted molar refractivity (Wildman–Crippen MR) is 80.7 cm³/mol. The maximum Gasteiger partial charge on any atom is 0.272 e. The number of aromatic nitrogens is 1. The molecule has 0 fully saturated rings. The third-order valence-corrected chi connectivity index (χ3v) is 3.43. The van der Waals surface area contributed by atoms with Crippen molar-refractivity contribution in [2.45, 2.75) is 26.4 Å². The van der Waals surface area contributed by atoms with Crippen LogP contribution in [0.4, 0.5) is 10.1 Å². The quantitative estimate of drug-likeness (QED) is 0.617. The number of pyridine rings is 1. The number of benzene rings is 1. The minimum Gasteiger partial charge on any atom is -0.480 e. The summed E-state index contributed by atoms with van der Waals surface area (Å²) in [6.07, 6.45) is 1.50.